The number of aliphatic hydroxyl groups is 1. The summed E-state index contributed by atoms with van der Waals surface area (Å²) in [6.45, 7) is 4.18. The molecule has 2 N–H and O–H groups in total. The number of rotatable bonds is 3. The van der Waals surface area contributed by atoms with Crippen molar-refractivity contribution < 1.29 is 5.11 Å². The fraction of sp³-hybridized carbons (Fsp3) is 0.667. The largest absolute Gasteiger partial charge is 0.389 e. The van der Waals surface area contributed by atoms with Crippen LogP contribution < -0.4 is 10.2 Å². The summed E-state index contributed by atoms with van der Waals surface area (Å²) in [5, 5.41) is 14.2. The molecule has 1 aliphatic heterocycles. The minimum atomic E-state index is -0.391. The van der Waals surface area contributed by atoms with E-state index in [1.165, 1.54) is 30.5 Å². The molecule has 3 heteroatoms. The Morgan fingerprint density at radius 2 is 2.10 bits per heavy atom. The van der Waals surface area contributed by atoms with E-state index < -0.39 is 5.60 Å². The fourth-order valence-corrected chi connectivity index (χ4v) is 4.09. The smallest absolute Gasteiger partial charge is 0.0709 e. The third-order valence-corrected chi connectivity index (χ3v) is 5.60. The molecule has 1 aromatic carbocycles. The summed E-state index contributed by atoms with van der Waals surface area (Å²) in [6.07, 6.45) is 5.56. The summed E-state index contributed by atoms with van der Waals surface area (Å²) in [6, 6.07) is 9.05. The first-order chi connectivity index (χ1) is 10.1. The van der Waals surface area contributed by atoms with Gasteiger partial charge in [0.2, 0.25) is 0 Å². The average Bonchev–Trinajstić information content (AvgIpc) is 2.53. The van der Waals surface area contributed by atoms with Crippen LogP contribution in [0.4, 0.5) is 5.69 Å². The molecule has 0 amide bonds. The van der Waals surface area contributed by atoms with Gasteiger partial charge < -0.3 is 15.3 Å². The van der Waals surface area contributed by atoms with Crippen LogP contribution in [0.25, 0.3) is 0 Å². The number of fused-ring (bicyclic) bond motifs is 1. The lowest BCUT2D eigenvalue weighted by Gasteiger charge is -2.48. The highest BCUT2D eigenvalue weighted by molar-refractivity contribution is 5.55. The highest BCUT2D eigenvalue weighted by Gasteiger charge is 2.43. The van der Waals surface area contributed by atoms with Gasteiger partial charge in [-0.3, -0.25) is 0 Å². The van der Waals surface area contributed by atoms with Gasteiger partial charge in [0.1, 0.15) is 0 Å². The summed E-state index contributed by atoms with van der Waals surface area (Å²) in [7, 11) is 2.01. The molecule has 2 fully saturated rings. The van der Waals surface area contributed by atoms with Gasteiger partial charge >= 0.3 is 0 Å². The van der Waals surface area contributed by atoms with E-state index in [0.717, 1.165) is 25.9 Å². The van der Waals surface area contributed by atoms with Crippen LogP contribution in [0.5, 0.6) is 0 Å². The van der Waals surface area contributed by atoms with Crippen LogP contribution in [0, 0.1) is 5.92 Å². The van der Waals surface area contributed by atoms with Crippen LogP contribution in [0.15, 0.2) is 24.3 Å². The van der Waals surface area contributed by atoms with E-state index in [4.69, 9.17) is 0 Å². The number of hydrogen-bond donors (Lipinski definition) is 2. The normalized spacial score (nSPS) is 30.8. The Bertz CT molecular complexity index is 490. The third-order valence-electron chi connectivity index (χ3n) is 5.60. The maximum atomic E-state index is 10.8. The molecule has 0 spiro atoms. The Morgan fingerprint density at radius 1 is 1.29 bits per heavy atom. The number of piperidine rings is 1. The summed E-state index contributed by atoms with van der Waals surface area (Å²) in [5.41, 5.74) is 2.31. The number of para-hydroxylation sites is 1. The molecular formula is C18H28N2O. The van der Waals surface area contributed by atoms with E-state index in [2.05, 4.69) is 41.4 Å². The van der Waals surface area contributed by atoms with E-state index in [1.807, 2.05) is 7.05 Å². The third kappa shape index (κ3) is 2.82. The van der Waals surface area contributed by atoms with Gasteiger partial charge in [0.15, 0.2) is 0 Å². The minimum absolute atomic E-state index is 0.355. The summed E-state index contributed by atoms with van der Waals surface area (Å²) >= 11 is 0. The van der Waals surface area contributed by atoms with Crippen LogP contribution in [0.1, 0.15) is 50.6 Å². The van der Waals surface area contributed by atoms with Crippen LogP contribution in [0.2, 0.25) is 0 Å². The SMILES string of the molecule is CNC(C)c1ccccc1N1CCC2(O)CCCCC2C1. The van der Waals surface area contributed by atoms with Gasteiger partial charge in [-0.1, -0.05) is 31.0 Å². The van der Waals surface area contributed by atoms with Crippen molar-refractivity contribution >= 4 is 5.69 Å². The first kappa shape index (κ1) is 14.9. The molecule has 0 aromatic heterocycles. The first-order valence-corrected chi connectivity index (χ1v) is 8.37. The Balaban J connectivity index is 1.82. The summed E-state index contributed by atoms with van der Waals surface area (Å²) < 4.78 is 0. The zero-order chi connectivity index (χ0) is 14.9. The van der Waals surface area contributed by atoms with Crippen LogP contribution in [-0.4, -0.2) is 30.8 Å². The highest BCUT2D eigenvalue weighted by atomic mass is 16.3. The Morgan fingerprint density at radius 3 is 2.90 bits per heavy atom. The van der Waals surface area contributed by atoms with Gasteiger partial charge in [0, 0.05) is 30.7 Å². The van der Waals surface area contributed by atoms with E-state index in [-0.39, 0.29) is 0 Å². The van der Waals surface area contributed by atoms with Crippen LogP contribution in [0.3, 0.4) is 0 Å². The molecule has 1 saturated carbocycles. The molecule has 3 atom stereocenters. The molecule has 3 rings (SSSR count). The second-order valence-corrected chi connectivity index (χ2v) is 6.81. The standard InChI is InChI=1S/C18H28N2O/c1-14(19-2)16-8-3-4-9-17(16)20-12-11-18(21)10-6-5-7-15(18)13-20/h3-4,8-9,14-15,19,21H,5-7,10-13H2,1-2H3. The molecule has 0 radical (unpaired) electrons. The predicted molar refractivity (Wildman–Crippen MR) is 87.7 cm³/mol. The van der Waals surface area contributed by atoms with Crippen molar-refractivity contribution in [3.05, 3.63) is 29.8 Å². The van der Waals surface area contributed by atoms with Crippen LogP contribution in [-0.2, 0) is 0 Å². The lowest BCUT2D eigenvalue weighted by molar-refractivity contribution is -0.0612. The molecule has 1 aromatic rings. The Kier molecular flexibility index (Phi) is 4.23. The molecule has 1 heterocycles. The second-order valence-electron chi connectivity index (χ2n) is 6.81. The Hall–Kier alpha value is -1.06. The molecular weight excluding hydrogens is 260 g/mol. The van der Waals surface area contributed by atoms with Gasteiger partial charge in [0.25, 0.3) is 0 Å². The topological polar surface area (TPSA) is 35.5 Å². The highest BCUT2D eigenvalue weighted by Crippen LogP contribution is 2.41. The van der Waals surface area contributed by atoms with Gasteiger partial charge in [0.05, 0.1) is 5.60 Å². The number of benzene rings is 1. The fourth-order valence-electron chi connectivity index (χ4n) is 4.09. The number of hydrogen-bond acceptors (Lipinski definition) is 3. The Labute approximate surface area is 128 Å². The molecule has 1 saturated heterocycles. The van der Waals surface area contributed by atoms with E-state index in [0.29, 0.717) is 12.0 Å². The second kappa shape index (κ2) is 5.98. The van der Waals surface area contributed by atoms with Gasteiger partial charge in [-0.05, 0) is 44.9 Å². The summed E-state index contributed by atoms with van der Waals surface area (Å²) in [4.78, 5) is 2.49. The van der Waals surface area contributed by atoms with Gasteiger partial charge in [-0.2, -0.15) is 0 Å². The van der Waals surface area contributed by atoms with Crippen molar-refractivity contribution in [2.24, 2.45) is 5.92 Å². The van der Waals surface area contributed by atoms with Crippen molar-refractivity contribution in [2.45, 2.75) is 50.7 Å². The van der Waals surface area contributed by atoms with E-state index in [9.17, 15) is 5.11 Å². The van der Waals surface area contributed by atoms with Crippen molar-refractivity contribution in [3.8, 4) is 0 Å². The minimum Gasteiger partial charge on any atom is -0.389 e. The van der Waals surface area contributed by atoms with Crippen LogP contribution >= 0.6 is 0 Å². The number of nitrogens with one attached hydrogen (secondary N) is 1. The van der Waals surface area contributed by atoms with Crippen molar-refractivity contribution in [3.63, 3.8) is 0 Å². The first-order valence-electron chi connectivity index (χ1n) is 8.37. The van der Waals surface area contributed by atoms with Gasteiger partial charge in [-0.25, -0.2) is 0 Å². The number of anilines is 1. The molecule has 116 valence electrons. The molecule has 3 unspecified atom stereocenters. The number of nitrogens with zero attached hydrogens (tertiary/aromatic N) is 1. The predicted octanol–water partition coefficient (Wildman–Crippen LogP) is 3.10. The van der Waals surface area contributed by atoms with E-state index in [1.54, 1.807) is 0 Å². The zero-order valence-corrected chi connectivity index (χ0v) is 13.3. The van der Waals surface area contributed by atoms with Crippen molar-refractivity contribution in [2.75, 3.05) is 25.0 Å². The zero-order valence-electron chi connectivity index (χ0n) is 13.3. The lowest BCUT2D eigenvalue weighted by atomic mass is 9.71. The molecule has 0 bridgehead atoms. The quantitative estimate of drug-likeness (QED) is 0.897. The maximum Gasteiger partial charge on any atom is 0.0709 e. The molecule has 3 nitrogen and oxygen atoms in total. The summed E-state index contributed by atoms with van der Waals surface area (Å²) in [5.74, 6) is 0.443. The maximum absolute atomic E-state index is 10.8. The average molecular weight is 288 g/mol. The molecule has 21 heavy (non-hydrogen) atoms. The van der Waals surface area contributed by atoms with E-state index >= 15 is 0 Å². The molecule has 1 aliphatic carbocycles. The van der Waals surface area contributed by atoms with Crippen molar-refractivity contribution in [1.82, 2.24) is 5.32 Å². The lowest BCUT2D eigenvalue weighted by Crippen LogP contribution is -2.53. The molecule has 2 aliphatic rings. The monoisotopic (exact) mass is 288 g/mol. The van der Waals surface area contributed by atoms with Gasteiger partial charge in [-0.15, -0.1) is 0 Å². The van der Waals surface area contributed by atoms with Crippen molar-refractivity contribution in [1.29, 1.82) is 0 Å².